The molecule has 80 valence electrons. The van der Waals surface area contributed by atoms with Gasteiger partial charge < -0.3 is 15.5 Å². The van der Waals surface area contributed by atoms with E-state index in [1.165, 1.54) is 10.9 Å². The van der Waals surface area contributed by atoms with Gasteiger partial charge in [0.05, 0.1) is 17.2 Å². The Hall–Kier alpha value is -1.00. The van der Waals surface area contributed by atoms with Crippen molar-refractivity contribution in [2.75, 3.05) is 13.7 Å². The normalized spacial score (nSPS) is 10.9. The molecule has 0 bridgehead atoms. The highest BCUT2D eigenvalue weighted by molar-refractivity contribution is 9.10. The second-order valence-corrected chi connectivity index (χ2v) is 4.16. The first kappa shape index (κ1) is 10.5. The fraction of sp³-hybridized carbons (Fsp3) is 0.273. The quantitative estimate of drug-likeness (QED) is 0.899. The second-order valence-electron chi connectivity index (χ2n) is 3.37. The van der Waals surface area contributed by atoms with Gasteiger partial charge in [0.1, 0.15) is 5.75 Å². The smallest absolute Gasteiger partial charge is 0.120 e. The zero-order valence-electron chi connectivity index (χ0n) is 8.51. The Kier molecular flexibility index (Phi) is 2.98. The highest BCUT2D eigenvalue weighted by atomic mass is 79.9. The molecule has 1 aromatic heterocycles. The minimum atomic E-state index is 0.650. The molecular formula is C11H13BrN2O. The first-order valence-corrected chi connectivity index (χ1v) is 5.59. The van der Waals surface area contributed by atoms with Crippen LogP contribution in [0.3, 0.4) is 0 Å². The van der Waals surface area contributed by atoms with Crippen LogP contribution in [0.15, 0.2) is 22.8 Å². The van der Waals surface area contributed by atoms with Crippen LogP contribution in [0.5, 0.6) is 5.75 Å². The molecule has 1 heterocycles. The lowest BCUT2D eigenvalue weighted by Crippen LogP contribution is -2.02. The molecule has 0 radical (unpaired) electrons. The van der Waals surface area contributed by atoms with Crippen LogP contribution >= 0.6 is 15.9 Å². The fourth-order valence-corrected chi connectivity index (χ4v) is 2.34. The van der Waals surface area contributed by atoms with E-state index < -0.39 is 0 Å². The number of aromatic amines is 1. The van der Waals surface area contributed by atoms with Crippen LogP contribution in [0.25, 0.3) is 10.9 Å². The number of hydrogen-bond acceptors (Lipinski definition) is 2. The van der Waals surface area contributed by atoms with E-state index in [-0.39, 0.29) is 0 Å². The van der Waals surface area contributed by atoms with Crippen molar-refractivity contribution in [3.63, 3.8) is 0 Å². The van der Waals surface area contributed by atoms with Gasteiger partial charge in [-0.3, -0.25) is 0 Å². The molecule has 0 saturated carbocycles. The summed E-state index contributed by atoms with van der Waals surface area (Å²) in [6, 6.07) is 6.00. The van der Waals surface area contributed by atoms with Gasteiger partial charge in [-0.05, 0) is 46.6 Å². The van der Waals surface area contributed by atoms with E-state index in [1.807, 2.05) is 12.1 Å². The van der Waals surface area contributed by atoms with E-state index in [1.54, 1.807) is 7.11 Å². The Balaban J connectivity index is 2.58. The van der Waals surface area contributed by atoms with Crippen molar-refractivity contribution in [3.8, 4) is 5.75 Å². The van der Waals surface area contributed by atoms with Crippen LogP contribution < -0.4 is 10.5 Å². The van der Waals surface area contributed by atoms with Crippen molar-refractivity contribution in [2.24, 2.45) is 5.73 Å². The summed E-state index contributed by atoms with van der Waals surface area (Å²) in [5.41, 5.74) is 7.88. The third-order valence-corrected chi connectivity index (χ3v) is 3.13. The molecule has 0 spiro atoms. The molecule has 1 aromatic carbocycles. The molecule has 2 rings (SSSR count). The second kappa shape index (κ2) is 4.24. The maximum Gasteiger partial charge on any atom is 0.120 e. The summed E-state index contributed by atoms with van der Waals surface area (Å²) in [5, 5.41) is 1.20. The molecule has 0 saturated heterocycles. The lowest BCUT2D eigenvalue weighted by molar-refractivity contribution is 0.415. The monoisotopic (exact) mass is 268 g/mol. The molecule has 0 aliphatic carbocycles. The SMILES string of the molecule is COc1ccc2c(CCN)c(Br)[nH]c2c1. The van der Waals surface area contributed by atoms with E-state index in [9.17, 15) is 0 Å². The van der Waals surface area contributed by atoms with Gasteiger partial charge in [-0.25, -0.2) is 0 Å². The average molecular weight is 269 g/mol. The molecule has 15 heavy (non-hydrogen) atoms. The van der Waals surface area contributed by atoms with Gasteiger partial charge in [-0.1, -0.05) is 0 Å². The number of H-pyrrole nitrogens is 1. The summed E-state index contributed by atoms with van der Waals surface area (Å²) in [6.45, 7) is 0.650. The van der Waals surface area contributed by atoms with E-state index in [4.69, 9.17) is 10.5 Å². The number of benzene rings is 1. The Labute approximate surface area is 96.7 Å². The summed E-state index contributed by atoms with van der Waals surface area (Å²) in [5.74, 6) is 0.857. The van der Waals surface area contributed by atoms with Gasteiger partial charge in [0.2, 0.25) is 0 Å². The van der Waals surface area contributed by atoms with Crippen LogP contribution in [0.4, 0.5) is 0 Å². The number of ether oxygens (including phenoxy) is 1. The van der Waals surface area contributed by atoms with Crippen LogP contribution in [0.2, 0.25) is 0 Å². The van der Waals surface area contributed by atoms with Gasteiger partial charge in [0, 0.05) is 11.5 Å². The average Bonchev–Trinajstić information content (AvgIpc) is 2.55. The van der Waals surface area contributed by atoms with E-state index in [2.05, 4.69) is 27.0 Å². The summed E-state index contributed by atoms with van der Waals surface area (Å²) in [7, 11) is 1.67. The standard InChI is InChI=1S/C11H13BrN2O/c1-15-7-2-3-8-9(4-5-13)11(12)14-10(8)6-7/h2-3,6,14H,4-5,13H2,1H3. The van der Waals surface area contributed by atoms with Gasteiger partial charge in [0.15, 0.2) is 0 Å². The molecule has 4 heteroatoms. The molecule has 3 N–H and O–H groups in total. The van der Waals surface area contributed by atoms with Crippen molar-refractivity contribution >= 4 is 26.8 Å². The topological polar surface area (TPSA) is 51.0 Å². The number of halogens is 1. The lowest BCUT2D eigenvalue weighted by Gasteiger charge is -2.00. The van der Waals surface area contributed by atoms with Crippen molar-refractivity contribution in [1.82, 2.24) is 4.98 Å². The van der Waals surface area contributed by atoms with Gasteiger partial charge in [0.25, 0.3) is 0 Å². The minimum absolute atomic E-state index is 0.650. The summed E-state index contributed by atoms with van der Waals surface area (Å²) >= 11 is 3.51. The number of rotatable bonds is 3. The van der Waals surface area contributed by atoms with Crippen LogP contribution in [-0.2, 0) is 6.42 Å². The first-order valence-electron chi connectivity index (χ1n) is 4.80. The minimum Gasteiger partial charge on any atom is -0.497 e. The third kappa shape index (κ3) is 1.87. The molecule has 0 aliphatic heterocycles. The molecular weight excluding hydrogens is 256 g/mol. The molecule has 2 aromatic rings. The molecule has 0 atom stereocenters. The molecule has 0 aliphatic rings. The molecule has 3 nitrogen and oxygen atoms in total. The Bertz CT molecular complexity index is 479. The highest BCUT2D eigenvalue weighted by Gasteiger charge is 2.08. The van der Waals surface area contributed by atoms with Crippen molar-refractivity contribution in [2.45, 2.75) is 6.42 Å². The summed E-state index contributed by atoms with van der Waals surface area (Å²) in [4.78, 5) is 3.27. The van der Waals surface area contributed by atoms with Crippen molar-refractivity contribution in [3.05, 3.63) is 28.4 Å². The summed E-state index contributed by atoms with van der Waals surface area (Å²) in [6.07, 6.45) is 0.868. The van der Waals surface area contributed by atoms with E-state index in [0.29, 0.717) is 6.54 Å². The summed E-state index contributed by atoms with van der Waals surface area (Å²) < 4.78 is 6.18. The number of methoxy groups -OCH3 is 1. The molecule has 0 fully saturated rings. The van der Waals surface area contributed by atoms with E-state index in [0.717, 1.165) is 22.3 Å². The van der Waals surface area contributed by atoms with E-state index >= 15 is 0 Å². The number of nitrogens with one attached hydrogen (secondary N) is 1. The Morgan fingerprint density at radius 2 is 2.27 bits per heavy atom. The number of fused-ring (bicyclic) bond motifs is 1. The molecule has 0 amide bonds. The van der Waals surface area contributed by atoms with Crippen LogP contribution in [-0.4, -0.2) is 18.6 Å². The Morgan fingerprint density at radius 3 is 2.93 bits per heavy atom. The molecule has 0 unspecified atom stereocenters. The highest BCUT2D eigenvalue weighted by Crippen LogP contribution is 2.29. The maximum atomic E-state index is 5.58. The van der Waals surface area contributed by atoms with Gasteiger partial charge in [-0.2, -0.15) is 0 Å². The van der Waals surface area contributed by atoms with Gasteiger partial charge >= 0.3 is 0 Å². The largest absolute Gasteiger partial charge is 0.497 e. The Morgan fingerprint density at radius 1 is 1.47 bits per heavy atom. The maximum absolute atomic E-state index is 5.58. The lowest BCUT2D eigenvalue weighted by atomic mass is 10.1. The third-order valence-electron chi connectivity index (χ3n) is 2.46. The van der Waals surface area contributed by atoms with Crippen molar-refractivity contribution < 1.29 is 4.74 Å². The van der Waals surface area contributed by atoms with Crippen LogP contribution in [0, 0.1) is 0 Å². The number of hydrogen-bond donors (Lipinski definition) is 2. The van der Waals surface area contributed by atoms with Crippen LogP contribution in [0.1, 0.15) is 5.56 Å². The van der Waals surface area contributed by atoms with Gasteiger partial charge in [-0.15, -0.1) is 0 Å². The number of aromatic nitrogens is 1. The zero-order chi connectivity index (χ0) is 10.8. The predicted molar refractivity (Wildman–Crippen MR) is 65.3 cm³/mol. The predicted octanol–water partition coefficient (Wildman–Crippen LogP) is 2.44. The number of nitrogens with two attached hydrogens (primary N) is 1. The fourth-order valence-electron chi connectivity index (χ4n) is 1.72. The zero-order valence-corrected chi connectivity index (χ0v) is 10.1. The van der Waals surface area contributed by atoms with Crippen molar-refractivity contribution in [1.29, 1.82) is 0 Å². The first-order chi connectivity index (χ1) is 7.26.